The number of rotatable bonds is 12. The number of likely N-dealkylation sites (tertiary alicyclic amines) is 1. The molecule has 1 aliphatic rings. The van der Waals surface area contributed by atoms with Crippen LogP contribution in [0.2, 0.25) is 0 Å². The standard InChI is InChI=1S/C20H40N4O2.HI/c1-6-17(24-15-9-10-19(24)25)11-13-22-20(21-7-2)23-14-12-18(16(4)5)26-8-3;/h16-18H,6-15H2,1-5H3,(H2,21,22,23);1H. The van der Waals surface area contributed by atoms with Gasteiger partial charge >= 0.3 is 0 Å². The summed E-state index contributed by atoms with van der Waals surface area (Å²) in [5.41, 5.74) is 0. The van der Waals surface area contributed by atoms with Crippen LogP contribution in [0.1, 0.15) is 66.7 Å². The van der Waals surface area contributed by atoms with E-state index in [2.05, 4.69) is 38.3 Å². The lowest BCUT2D eigenvalue weighted by molar-refractivity contribution is -0.129. The number of ether oxygens (including phenoxy) is 1. The van der Waals surface area contributed by atoms with E-state index in [1.807, 2.05) is 11.8 Å². The molecule has 7 heteroatoms. The van der Waals surface area contributed by atoms with Crippen LogP contribution in [-0.4, -0.2) is 61.7 Å². The maximum absolute atomic E-state index is 11.9. The second-order valence-electron chi connectivity index (χ2n) is 7.26. The Balaban J connectivity index is 0.00000676. The second-order valence-corrected chi connectivity index (χ2v) is 7.26. The van der Waals surface area contributed by atoms with E-state index in [4.69, 9.17) is 9.73 Å². The van der Waals surface area contributed by atoms with Gasteiger partial charge in [-0.15, -0.1) is 24.0 Å². The van der Waals surface area contributed by atoms with Crippen LogP contribution in [0.5, 0.6) is 0 Å². The smallest absolute Gasteiger partial charge is 0.222 e. The van der Waals surface area contributed by atoms with Crippen molar-refractivity contribution in [3.63, 3.8) is 0 Å². The molecule has 27 heavy (non-hydrogen) atoms. The summed E-state index contributed by atoms with van der Waals surface area (Å²) in [5, 5.41) is 6.72. The highest BCUT2D eigenvalue weighted by Crippen LogP contribution is 2.18. The summed E-state index contributed by atoms with van der Waals surface area (Å²) < 4.78 is 5.80. The van der Waals surface area contributed by atoms with Gasteiger partial charge in [0.15, 0.2) is 5.96 Å². The number of hydrogen-bond donors (Lipinski definition) is 2. The molecular formula is C20H41IN4O2. The van der Waals surface area contributed by atoms with Gasteiger partial charge in [-0.1, -0.05) is 20.8 Å². The SMILES string of the molecule is CCNC(=NCCC(CC)N1CCCC1=O)NCCC(OCC)C(C)C.I. The molecule has 2 unspecified atom stereocenters. The van der Waals surface area contributed by atoms with Gasteiger partial charge in [-0.25, -0.2) is 0 Å². The van der Waals surface area contributed by atoms with Gasteiger partial charge in [0.25, 0.3) is 0 Å². The lowest BCUT2D eigenvalue weighted by Crippen LogP contribution is -2.40. The zero-order valence-corrected chi connectivity index (χ0v) is 20.3. The molecule has 1 rings (SSSR count). The first-order valence-electron chi connectivity index (χ1n) is 10.5. The number of halogens is 1. The molecule has 1 fully saturated rings. The fourth-order valence-electron chi connectivity index (χ4n) is 3.46. The molecule has 1 aliphatic heterocycles. The Morgan fingerprint density at radius 3 is 2.48 bits per heavy atom. The van der Waals surface area contributed by atoms with Crippen molar-refractivity contribution in [3.05, 3.63) is 0 Å². The molecule has 0 aromatic carbocycles. The van der Waals surface area contributed by atoms with Crippen molar-refractivity contribution in [1.82, 2.24) is 15.5 Å². The van der Waals surface area contributed by atoms with Gasteiger partial charge in [0.1, 0.15) is 0 Å². The van der Waals surface area contributed by atoms with E-state index in [-0.39, 0.29) is 30.1 Å². The average Bonchev–Trinajstić information content (AvgIpc) is 3.03. The highest BCUT2D eigenvalue weighted by Gasteiger charge is 2.26. The van der Waals surface area contributed by atoms with Crippen LogP contribution in [0.4, 0.5) is 0 Å². The van der Waals surface area contributed by atoms with Crippen molar-refractivity contribution in [3.8, 4) is 0 Å². The zero-order chi connectivity index (χ0) is 19.4. The number of carbonyl (C=O) groups is 1. The van der Waals surface area contributed by atoms with Crippen molar-refractivity contribution in [1.29, 1.82) is 0 Å². The van der Waals surface area contributed by atoms with Gasteiger partial charge in [0, 0.05) is 45.2 Å². The third-order valence-electron chi connectivity index (χ3n) is 4.94. The maximum atomic E-state index is 11.9. The number of guanidine groups is 1. The minimum Gasteiger partial charge on any atom is -0.378 e. The molecule has 0 bridgehead atoms. The Morgan fingerprint density at radius 2 is 1.96 bits per heavy atom. The lowest BCUT2D eigenvalue weighted by Gasteiger charge is -2.26. The van der Waals surface area contributed by atoms with Gasteiger partial charge in [-0.3, -0.25) is 9.79 Å². The molecule has 0 aromatic heterocycles. The summed E-state index contributed by atoms with van der Waals surface area (Å²) >= 11 is 0. The molecule has 0 saturated carbocycles. The van der Waals surface area contributed by atoms with Crippen molar-refractivity contribution in [2.45, 2.75) is 78.9 Å². The molecule has 160 valence electrons. The van der Waals surface area contributed by atoms with Gasteiger partial charge in [0.05, 0.1) is 6.10 Å². The molecule has 0 radical (unpaired) electrons. The van der Waals surface area contributed by atoms with Crippen molar-refractivity contribution in [2.75, 3.05) is 32.8 Å². The number of hydrogen-bond acceptors (Lipinski definition) is 3. The van der Waals surface area contributed by atoms with E-state index in [0.717, 1.165) is 64.4 Å². The summed E-state index contributed by atoms with van der Waals surface area (Å²) in [6, 6.07) is 0.319. The number of amides is 1. The number of carbonyl (C=O) groups excluding carboxylic acids is 1. The summed E-state index contributed by atoms with van der Waals surface area (Å²) in [6.45, 7) is 14.8. The number of nitrogens with zero attached hydrogens (tertiary/aromatic N) is 2. The lowest BCUT2D eigenvalue weighted by atomic mass is 10.0. The molecule has 0 aromatic rings. The van der Waals surface area contributed by atoms with Crippen LogP contribution in [0.3, 0.4) is 0 Å². The van der Waals surface area contributed by atoms with Gasteiger partial charge in [-0.05, 0) is 45.4 Å². The van der Waals surface area contributed by atoms with Crippen molar-refractivity contribution < 1.29 is 9.53 Å². The quantitative estimate of drug-likeness (QED) is 0.247. The highest BCUT2D eigenvalue weighted by molar-refractivity contribution is 14.0. The molecule has 1 heterocycles. The third-order valence-corrected chi connectivity index (χ3v) is 4.94. The Bertz CT molecular complexity index is 432. The van der Waals surface area contributed by atoms with Crippen molar-refractivity contribution in [2.24, 2.45) is 10.9 Å². The molecule has 0 aliphatic carbocycles. The van der Waals surface area contributed by atoms with E-state index < -0.39 is 0 Å². The van der Waals surface area contributed by atoms with Gasteiger partial charge in [-0.2, -0.15) is 0 Å². The Hall–Kier alpha value is -0.570. The first kappa shape index (κ1) is 26.4. The largest absolute Gasteiger partial charge is 0.378 e. The first-order chi connectivity index (χ1) is 12.5. The molecule has 0 spiro atoms. The minimum atomic E-state index is 0. The zero-order valence-electron chi connectivity index (χ0n) is 17.9. The fraction of sp³-hybridized carbons (Fsp3) is 0.900. The normalized spacial score (nSPS) is 17.0. The van der Waals surface area contributed by atoms with Gasteiger partial charge < -0.3 is 20.3 Å². The molecular weight excluding hydrogens is 455 g/mol. The average molecular weight is 496 g/mol. The topological polar surface area (TPSA) is 66.0 Å². The number of nitrogens with one attached hydrogen (secondary N) is 2. The third kappa shape index (κ3) is 9.96. The fourth-order valence-corrected chi connectivity index (χ4v) is 3.46. The predicted octanol–water partition coefficient (Wildman–Crippen LogP) is 3.40. The minimum absolute atomic E-state index is 0. The summed E-state index contributed by atoms with van der Waals surface area (Å²) in [7, 11) is 0. The van der Waals surface area contributed by atoms with Crippen LogP contribution in [0.25, 0.3) is 0 Å². The van der Waals surface area contributed by atoms with Crippen LogP contribution in [-0.2, 0) is 9.53 Å². The summed E-state index contributed by atoms with van der Waals surface area (Å²) in [4.78, 5) is 18.7. The summed E-state index contributed by atoms with van der Waals surface area (Å²) in [5.74, 6) is 1.68. The maximum Gasteiger partial charge on any atom is 0.222 e. The number of aliphatic imine (C=N–C) groups is 1. The second kappa shape index (κ2) is 15.4. The Kier molecular flexibility index (Phi) is 15.0. The van der Waals surface area contributed by atoms with Crippen LogP contribution < -0.4 is 10.6 Å². The molecule has 2 N–H and O–H groups in total. The van der Waals surface area contributed by atoms with E-state index >= 15 is 0 Å². The van der Waals surface area contributed by atoms with Crippen LogP contribution >= 0.6 is 24.0 Å². The van der Waals surface area contributed by atoms with E-state index in [0.29, 0.717) is 24.3 Å². The Labute approximate surface area is 183 Å². The first-order valence-corrected chi connectivity index (χ1v) is 10.5. The van der Waals surface area contributed by atoms with E-state index in [1.54, 1.807) is 0 Å². The Morgan fingerprint density at radius 1 is 1.22 bits per heavy atom. The molecule has 1 saturated heterocycles. The van der Waals surface area contributed by atoms with Crippen molar-refractivity contribution >= 4 is 35.8 Å². The van der Waals surface area contributed by atoms with Crippen LogP contribution in [0.15, 0.2) is 4.99 Å². The van der Waals surface area contributed by atoms with Crippen LogP contribution in [0, 0.1) is 5.92 Å². The highest BCUT2D eigenvalue weighted by atomic mass is 127. The van der Waals surface area contributed by atoms with E-state index in [1.165, 1.54) is 0 Å². The monoisotopic (exact) mass is 496 g/mol. The van der Waals surface area contributed by atoms with Gasteiger partial charge in [0.2, 0.25) is 5.91 Å². The predicted molar refractivity (Wildman–Crippen MR) is 124 cm³/mol. The summed E-state index contributed by atoms with van der Waals surface area (Å²) in [6.07, 6.45) is 4.87. The molecule has 2 atom stereocenters. The molecule has 6 nitrogen and oxygen atoms in total. The van der Waals surface area contributed by atoms with E-state index in [9.17, 15) is 4.79 Å². The molecule has 1 amide bonds.